The van der Waals surface area contributed by atoms with Crippen molar-refractivity contribution in [3.8, 4) is 11.8 Å². The van der Waals surface area contributed by atoms with Gasteiger partial charge in [0.05, 0.1) is 18.6 Å². The third-order valence-electron chi connectivity index (χ3n) is 3.07. The molecule has 2 aromatic rings. The van der Waals surface area contributed by atoms with Crippen molar-refractivity contribution < 1.29 is 9.53 Å². The van der Waals surface area contributed by atoms with E-state index in [9.17, 15) is 4.79 Å². The molecule has 0 aliphatic rings. The summed E-state index contributed by atoms with van der Waals surface area (Å²) in [5.41, 5.74) is 2.50. The lowest BCUT2D eigenvalue weighted by molar-refractivity contribution is 0.0600. The molecular weight excluding hydrogens is 260 g/mol. The zero-order valence-electron chi connectivity index (χ0n) is 11.9. The van der Waals surface area contributed by atoms with Gasteiger partial charge in [0.2, 0.25) is 0 Å². The van der Waals surface area contributed by atoms with Crippen LogP contribution in [0.4, 0.5) is 0 Å². The van der Waals surface area contributed by atoms with Crippen LogP contribution in [0.25, 0.3) is 0 Å². The van der Waals surface area contributed by atoms with Crippen LogP contribution in [0.5, 0.6) is 0 Å². The molecule has 21 heavy (non-hydrogen) atoms. The van der Waals surface area contributed by atoms with E-state index in [0.717, 1.165) is 11.1 Å². The van der Waals surface area contributed by atoms with Crippen LogP contribution < -0.4 is 0 Å². The molecule has 1 atom stereocenters. The topological polar surface area (TPSA) is 26.3 Å². The Kier molecular flexibility index (Phi) is 4.95. The maximum atomic E-state index is 11.4. The number of benzene rings is 2. The summed E-state index contributed by atoms with van der Waals surface area (Å²) in [6, 6.07) is 17.0. The van der Waals surface area contributed by atoms with Gasteiger partial charge >= 0.3 is 5.97 Å². The van der Waals surface area contributed by atoms with Crippen molar-refractivity contribution in [1.29, 1.82) is 0 Å². The van der Waals surface area contributed by atoms with Gasteiger partial charge in [0.1, 0.15) is 0 Å². The summed E-state index contributed by atoms with van der Waals surface area (Å²) in [6.07, 6.45) is 1.79. The quantitative estimate of drug-likeness (QED) is 0.484. The summed E-state index contributed by atoms with van der Waals surface area (Å²) >= 11 is 0. The third-order valence-corrected chi connectivity index (χ3v) is 3.07. The fourth-order valence-electron chi connectivity index (χ4n) is 1.91. The van der Waals surface area contributed by atoms with Gasteiger partial charge in [0, 0.05) is 5.56 Å². The number of carbonyl (C=O) groups excluding carboxylic acids is 1. The van der Waals surface area contributed by atoms with Gasteiger partial charge < -0.3 is 4.74 Å². The molecule has 0 aliphatic carbocycles. The van der Waals surface area contributed by atoms with E-state index in [-0.39, 0.29) is 11.9 Å². The van der Waals surface area contributed by atoms with E-state index in [1.165, 1.54) is 7.11 Å². The van der Waals surface area contributed by atoms with Crippen molar-refractivity contribution in [2.75, 3.05) is 7.11 Å². The summed E-state index contributed by atoms with van der Waals surface area (Å²) in [7, 11) is 1.37. The van der Waals surface area contributed by atoms with Crippen LogP contribution in [-0.4, -0.2) is 13.1 Å². The Morgan fingerprint density at radius 3 is 2.38 bits per heavy atom. The summed E-state index contributed by atoms with van der Waals surface area (Å²) in [6.45, 7) is 3.83. The van der Waals surface area contributed by atoms with Crippen molar-refractivity contribution in [3.63, 3.8) is 0 Å². The zero-order chi connectivity index (χ0) is 15.1. The summed E-state index contributed by atoms with van der Waals surface area (Å²) in [5.74, 6) is 5.90. The summed E-state index contributed by atoms with van der Waals surface area (Å²) in [5, 5.41) is 0. The monoisotopic (exact) mass is 276 g/mol. The molecule has 0 fully saturated rings. The second kappa shape index (κ2) is 7.12. The molecule has 0 saturated heterocycles. The third kappa shape index (κ3) is 3.84. The molecule has 104 valence electrons. The molecule has 0 saturated carbocycles. The Labute approximate surface area is 125 Å². The normalized spacial score (nSPS) is 10.9. The van der Waals surface area contributed by atoms with Crippen molar-refractivity contribution in [2.45, 2.75) is 5.92 Å². The molecule has 0 aliphatic heterocycles. The van der Waals surface area contributed by atoms with E-state index in [1.54, 1.807) is 18.2 Å². The SMILES string of the molecule is C=C[C@H](C#Cc1ccccc1)c1ccc(C(=O)OC)cc1. The maximum absolute atomic E-state index is 11.4. The molecule has 0 amide bonds. The number of carbonyl (C=O) groups is 1. The molecule has 2 heteroatoms. The van der Waals surface area contributed by atoms with Crippen LogP contribution in [0.15, 0.2) is 67.3 Å². The second-order valence-electron chi connectivity index (χ2n) is 4.46. The Morgan fingerprint density at radius 2 is 1.81 bits per heavy atom. The number of hydrogen-bond acceptors (Lipinski definition) is 2. The molecule has 0 aromatic heterocycles. The van der Waals surface area contributed by atoms with Crippen LogP contribution in [0.2, 0.25) is 0 Å². The van der Waals surface area contributed by atoms with Crippen molar-refractivity contribution in [2.24, 2.45) is 0 Å². The van der Waals surface area contributed by atoms with E-state index in [4.69, 9.17) is 0 Å². The molecule has 2 rings (SSSR count). The lowest BCUT2D eigenvalue weighted by atomic mass is 9.98. The first-order valence-electron chi connectivity index (χ1n) is 6.62. The standard InChI is InChI=1S/C19H16O2/c1-3-16(10-9-15-7-5-4-6-8-15)17-11-13-18(14-12-17)19(20)21-2/h3-8,11-14,16H,1H2,2H3/t16-/m1/s1. The lowest BCUT2D eigenvalue weighted by Gasteiger charge is -2.06. The van der Waals surface area contributed by atoms with E-state index < -0.39 is 0 Å². The van der Waals surface area contributed by atoms with Gasteiger partial charge in [-0.05, 0) is 29.8 Å². The van der Waals surface area contributed by atoms with E-state index in [0.29, 0.717) is 5.56 Å². The average Bonchev–Trinajstić information content (AvgIpc) is 2.56. The van der Waals surface area contributed by atoms with Crippen molar-refractivity contribution in [3.05, 3.63) is 83.9 Å². The van der Waals surface area contributed by atoms with Crippen LogP contribution in [-0.2, 0) is 4.74 Å². The molecule has 2 aromatic carbocycles. The van der Waals surface area contributed by atoms with E-state index in [1.807, 2.05) is 42.5 Å². The highest BCUT2D eigenvalue weighted by Gasteiger charge is 2.07. The van der Waals surface area contributed by atoms with Crippen LogP contribution in [0, 0.1) is 11.8 Å². The van der Waals surface area contributed by atoms with Gasteiger partial charge in [0.25, 0.3) is 0 Å². The number of hydrogen-bond donors (Lipinski definition) is 0. The molecule has 0 spiro atoms. The highest BCUT2D eigenvalue weighted by atomic mass is 16.5. The number of allylic oxidation sites excluding steroid dienone is 1. The second-order valence-corrected chi connectivity index (χ2v) is 4.46. The van der Waals surface area contributed by atoms with Crippen LogP contribution in [0.3, 0.4) is 0 Å². The van der Waals surface area contributed by atoms with Crippen LogP contribution in [0.1, 0.15) is 27.4 Å². The molecular formula is C19H16O2. The molecule has 0 bridgehead atoms. The first-order chi connectivity index (χ1) is 10.2. The molecule has 0 N–H and O–H groups in total. The highest BCUT2D eigenvalue weighted by molar-refractivity contribution is 5.89. The Morgan fingerprint density at radius 1 is 1.14 bits per heavy atom. The first kappa shape index (κ1) is 14.6. The minimum absolute atomic E-state index is 0.0723. The Balaban J connectivity index is 2.20. The predicted molar refractivity (Wildman–Crippen MR) is 84.0 cm³/mol. The minimum Gasteiger partial charge on any atom is -0.465 e. The van der Waals surface area contributed by atoms with Gasteiger partial charge in [-0.3, -0.25) is 0 Å². The van der Waals surface area contributed by atoms with Gasteiger partial charge in [-0.15, -0.1) is 6.58 Å². The largest absolute Gasteiger partial charge is 0.465 e. The fourth-order valence-corrected chi connectivity index (χ4v) is 1.91. The average molecular weight is 276 g/mol. The number of methoxy groups -OCH3 is 1. The van der Waals surface area contributed by atoms with Gasteiger partial charge in [-0.2, -0.15) is 0 Å². The minimum atomic E-state index is -0.341. The van der Waals surface area contributed by atoms with E-state index >= 15 is 0 Å². The Bertz CT molecular complexity index is 673. The fraction of sp³-hybridized carbons (Fsp3) is 0.105. The summed E-state index contributed by atoms with van der Waals surface area (Å²) < 4.78 is 4.68. The highest BCUT2D eigenvalue weighted by Crippen LogP contribution is 2.17. The summed E-state index contributed by atoms with van der Waals surface area (Å²) in [4.78, 5) is 11.4. The predicted octanol–water partition coefficient (Wildman–Crippen LogP) is 3.79. The van der Waals surface area contributed by atoms with Gasteiger partial charge in [-0.25, -0.2) is 4.79 Å². The zero-order valence-corrected chi connectivity index (χ0v) is 11.9. The lowest BCUT2D eigenvalue weighted by Crippen LogP contribution is -2.01. The van der Waals surface area contributed by atoms with Crippen molar-refractivity contribution in [1.82, 2.24) is 0 Å². The van der Waals surface area contributed by atoms with Gasteiger partial charge in [-0.1, -0.05) is 48.2 Å². The number of rotatable bonds is 3. The van der Waals surface area contributed by atoms with E-state index in [2.05, 4.69) is 23.2 Å². The smallest absolute Gasteiger partial charge is 0.337 e. The van der Waals surface area contributed by atoms with Gasteiger partial charge in [0.15, 0.2) is 0 Å². The molecule has 0 radical (unpaired) electrons. The number of esters is 1. The first-order valence-corrected chi connectivity index (χ1v) is 6.62. The van der Waals surface area contributed by atoms with Crippen molar-refractivity contribution >= 4 is 5.97 Å². The molecule has 0 heterocycles. The molecule has 0 unspecified atom stereocenters. The number of ether oxygens (including phenoxy) is 1. The Hall–Kier alpha value is -2.79. The maximum Gasteiger partial charge on any atom is 0.337 e. The van der Waals surface area contributed by atoms with Crippen LogP contribution >= 0.6 is 0 Å². The molecule has 2 nitrogen and oxygen atoms in total.